The van der Waals surface area contributed by atoms with Crippen LogP contribution in [0.3, 0.4) is 0 Å². The number of nitrogens with zero attached hydrogens (tertiary/aromatic N) is 1. The highest BCUT2D eigenvalue weighted by molar-refractivity contribution is 5.94. The molecule has 3 rings (SSSR count). The van der Waals surface area contributed by atoms with Gasteiger partial charge < -0.3 is 5.32 Å². The second-order valence-corrected chi connectivity index (χ2v) is 6.53. The minimum Gasteiger partial charge on any atom is -0.318 e. The van der Waals surface area contributed by atoms with Crippen LogP contribution in [0, 0.1) is 0 Å². The number of imide groups is 1. The molecule has 0 saturated heterocycles. The zero-order valence-electron chi connectivity index (χ0n) is 15.8. The van der Waals surface area contributed by atoms with Gasteiger partial charge in [-0.3, -0.25) is 4.79 Å². The van der Waals surface area contributed by atoms with E-state index in [2.05, 4.69) is 10.6 Å². The van der Waals surface area contributed by atoms with Gasteiger partial charge in [-0.1, -0.05) is 97.9 Å². The fraction of sp³-hybridized carbons (Fsp3) is 0.167. The maximum absolute atomic E-state index is 12.8. The maximum atomic E-state index is 12.8. The molecule has 0 saturated carbocycles. The van der Waals surface area contributed by atoms with Gasteiger partial charge in [0.25, 0.3) is 0 Å². The molecule has 3 amide bonds. The number of amides is 3. The van der Waals surface area contributed by atoms with Crippen LogP contribution in [0.15, 0.2) is 91.0 Å². The standard InChI is InChI=1S/C24H23N2O2/c1-2-12-22(27)25-23(28)26-24(19-13-6-3-7-14-19,20-15-8-4-9-16-20)21-17-10-5-11-18-21/h3-11,13-18H,2,12H2,1H3,(H,26,28). The number of benzene rings is 3. The van der Waals surface area contributed by atoms with E-state index in [9.17, 15) is 9.59 Å². The molecule has 0 aliphatic heterocycles. The fourth-order valence-electron chi connectivity index (χ4n) is 3.35. The second kappa shape index (κ2) is 9.00. The number of hydrogen-bond donors (Lipinski definition) is 1. The molecule has 1 N–H and O–H groups in total. The summed E-state index contributed by atoms with van der Waals surface area (Å²) in [5.74, 6) is -0.414. The summed E-state index contributed by atoms with van der Waals surface area (Å²) in [6.07, 6.45) is 0.902. The van der Waals surface area contributed by atoms with Gasteiger partial charge in [-0.15, -0.1) is 0 Å². The molecule has 0 heterocycles. The van der Waals surface area contributed by atoms with Crippen molar-refractivity contribution in [2.24, 2.45) is 0 Å². The smallest absolute Gasteiger partial charge is 0.318 e. The van der Waals surface area contributed by atoms with Crippen LogP contribution in [0.1, 0.15) is 36.5 Å². The molecule has 0 unspecified atom stereocenters. The zero-order valence-corrected chi connectivity index (χ0v) is 15.8. The predicted molar refractivity (Wildman–Crippen MR) is 110 cm³/mol. The first-order chi connectivity index (χ1) is 13.7. The number of carbonyl (C=O) groups excluding carboxylic acids is 2. The van der Waals surface area contributed by atoms with Gasteiger partial charge in [0.05, 0.1) is 0 Å². The largest absolute Gasteiger partial charge is 0.345 e. The van der Waals surface area contributed by atoms with E-state index in [1.165, 1.54) is 0 Å². The number of hydrogen-bond acceptors (Lipinski definition) is 2. The van der Waals surface area contributed by atoms with Crippen molar-refractivity contribution < 1.29 is 9.59 Å². The Hall–Kier alpha value is -3.40. The molecule has 0 spiro atoms. The van der Waals surface area contributed by atoms with Gasteiger partial charge in [0.15, 0.2) is 0 Å². The molecule has 4 heteroatoms. The Morgan fingerprint density at radius 2 is 1.14 bits per heavy atom. The van der Waals surface area contributed by atoms with Gasteiger partial charge in [-0.25, -0.2) is 4.79 Å². The van der Waals surface area contributed by atoms with Crippen molar-refractivity contribution in [3.05, 3.63) is 108 Å². The molecule has 0 aromatic heterocycles. The lowest BCUT2D eigenvalue weighted by molar-refractivity contribution is -0.120. The molecule has 0 aliphatic carbocycles. The first kappa shape index (κ1) is 19.4. The highest BCUT2D eigenvalue weighted by atomic mass is 16.2. The van der Waals surface area contributed by atoms with Crippen LogP contribution >= 0.6 is 0 Å². The maximum Gasteiger partial charge on any atom is 0.345 e. The number of urea groups is 1. The van der Waals surface area contributed by atoms with E-state index >= 15 is 0 Å². The minimum atomic E-state index is -0.961. The van der Waals surface area contributed by atoms with Crippen LogP contribution in [-0.2, 0) is 10.3 Å². The quantitative estimate of drug-likeness (QED) is 0.643. The van der Waals surface area contributed by atoms with Crippen LogP contribution in [0.4, 0.5) is 4.79 Å². The Morgan fingerprint density at radius 1 is 0.750 bits per heavy atom. The third-order valence-electron chi connectivity index (χ3n) is 4.60. The second-order valence-electron chi connectivity index (χ2n) is 6.53. The lowest BCUT2D eigenvalue weighted by Gasteiger charge is -2.36. The van der Waals surface area contributed by atoms with Gasteiger partial charge in [-0.05, 0) is 23.1 Å². The minimum absolute atomic E-state index is 0.252. The molecule has 3 aromatic rings. The molecule has 3 aromatic carbocycles. The fourth-order valence-corrected chi connectivity index (χ4v) is 3.35. The van der Waals surface area contributed by atoms with Gasteiger partial charge in [0, 0.05) is 6.42 Å². The van der Waals surface area contributed by atoms with Crippen molar-refractivity contribution in [3.8, 4) is 0 Å². The molecular formula is C24H23N2O2. The van der Waals surface area contributed by atoms with Crippen molar-refractivity contribution in [2.45, 2.75) is 25.3 Å². The molecule has 28 heavy (non-hydrogen) atoms. The van der Waals surface area contributed by atoms with Crippen LogP contribution in [0.2, 0.25) is 0 Å². The summed E-state index contributed by atoms with van der Waals surface area (Å²) in [5.41, 5.74) is 1.70. The van der Waals surface area contributed by atoms with E-state index in [0.717, 1.165) is 16.7 Å². The van der Waals surface area contributed by atoms with Gasteiger partial charge in [0.2, 0.25) is 5.91 Å². The summed E-state index contributed by atoms with van der Waals surface area (Å²) in [6, 6.07) is 28.5. The summed E-state index contributed by atoms with van der Waals surface area (Å²) >= 11 is 0. The van der Waals surface area contributed by atoms with Crippen molar-refractivity contribution in [1.82, 2.24) is 10.6 Å². The molecule has 141 valence electrons. The summed E-state index contributed by atoms with van der Waals surface area (Å²) in [7, 11) is 0. The first-order valence-corrected chi connectivity index (χ1v) is 9.40. The molecule has 0 fully saturated rings. The monoisotopic (exact) mass is 371 g/mol. The van der Waals surface area contributed by atoms with E-state index in [1.54, 1.807) is 0 Å². The van der Waals surface area contributed by atoms with Gasteiger partial charge in [-0.2, -0.15) is 5.32 Å². The number of carbonyl (C=O) groups is 2. The summed E-state index contributed by atoms with van der Waals surface area (Å²) in [6.45, 7) is 1.88. The van der Waals surface area contributed by atoms with Crippen LogP contribution in [-0.4, -0.2) is 11.9 Å². The Labute approximate surface area is 165 Å². The summed E-state index contributed by atoms with van der Waals surface area (Å²) in [5, 5.41) is 6.78. The Balaban J connectivity index is 2.14. The van der Waals surface area contributed by atoms with Crippen molar-refractivity contribution in [1.29, 1.82) is 0 Å². The van der Waals surface area contributed by atoms with Crippen molar-refractivity contribution >= 4 is 11.9 Å². The molecule has 0 atom stereocenters. The molecule has 0 bridgehead atoms. The predicted octanol–water partition coefficient (Wildman–Crippen LogP) is 4.62. The van der Waals surface area contributed by atoms with E-state index < -0.39 is 17.5 Å². The third-order valence-corrected chi connectivity index (χ3v) is 4.60. The lowest BCUT2D eigenvalue weighted by atomic mass is 9.77. The Morgan fingerprint density at radius 3 is 1.50 bits per heavy atom. The highest BCUT2D eigenvalue weighted by Gasteiger charge is 2.38. The third kappa shape index (κ3) is 4.12. The average molecular weight is 371 g/mol. The highest BCUT2D eigenvalue weighted by Crippen LogP contribution is 2.36. The van der Waals surface area contributed by atoms with E-state index in [0.29, 0.717) is 6.42 Å². The molecule has 4 nitrogen and oxygen atoms in total. The van der Waals surface area contributed by atoms with Crippen molar-refractivity contribution in [3.63, 3.8) is 0 Å². The molecular weight excluding hydrogens is 348 g/mol. The Kier molecular flexibility index (Phi) is 6.22. The normalized spacial score (nSPS) is 10.9. The van der Waals surface area contributed by atoms with Crippen LogP contribution in [0.25, 0.3) is 0 Å². The molecule has 0 aliphatic rings. The Bertz CT molecular complexity index is 812. The summed E-state index contributed by atoms with van der Waals surface area (Å²) < 4.78 is 0. The van der Waals surface area contributed by atoms with E-state index in [-0.39, 0.29) is 6.42 Å². The first-order valence-electron chi connectivity index (χ1n) is 9.40. The van der Waals surface area contributed by atoms with Gasteiger partial charge >= 0.3 is 6.03 Å². The van der Waals surface area contributed by atoms with Crippen LogP contribution < -0.4 is 10.6 Å². The lowest BCUT2D eigenvalue weighted by Crippen LogP contribution is -2.50. The van der Waals surface area contributed by atoms with Gasteiger partial charge in [0.1, 0.15) is 5.54 Å². The number of rotatable bonds is 6. The average Bonchev–Trinajstić information content (AvgIpc) is 2.74. The SMILES string of the molecule is CCCC(=O)[N]C(=O)NC(c1ccccc1)(c1ccccc1)c1ccccc1. The zero-order chi connectivity index (χ0) is 19.8. The topological polar surface area (TPSA) is 60.3 Å². The van der Waals surface area contributed by atoms with Crippen LogP contribution in [0.5, 0.6) is 0 Å². The summed E-state index contributed by atoms with van der Waals surface area (Å²) in [4.78, 5) is 24.7. The van der Waals surface area contributed by atoms with E-state index in [4.69, 9.17) is 0 Å². The molecule has 1 radical (unpaired) electrons. The van der Waals surface area contributed by atoms with E-state index in [1.807, 2.05) is 97.9 Å². The number of nitrogens with one attached hydrogen (secondary N) is 1. The van der Waals surface area contributed by atoms with Crippen molar-refractivity contribution in [2.75, 3.05) is 0 Å².